The molecule has 0 aliphatic carbocycles. The van der Waals surface area contributed by atoms with E-state index in [1.165, 1.54) is 22.0 Å². The first-order valence-electron chi connectivity index (χ1n) is 9.41. The van der Waals surface area contributed by atoms with Gasteiger partial charge in [0.05, 0.1) is 0 Å². The van der Waals surface area contributed by atoms with Crippen LogP contribution in [0.5, 0.6) is 0 Å². The molecule has 6 nitrogen and oxygen atoms in total. The highest BCUT2D eigenvalue weighted by atomic mass is 32.2. The molecule has 1 unspecified atom stereocenters. The summed E-state index contributed by atoms with van der Waals surface area (Å²) in [5, 5.41) is 2.71. The van der Waals surface area contributed by atoms with Gasteiger partial charge in [-0.05, 0) is 50.3 Å². The molecular weight excluding hydrogens is 364 g/mol. The Kier molecular flexibility index (Phi) is 6.34. The Hall–Kier alpha value is -2.12. The van der Waals surface area contributed by atoms with Crippen LogP contribution in [0.15, 0.2) is 52.0 Å². The zero-order valence-corrected chi connectivity index (χ0v) is 16.4. The number of benzene rings is 1. The maximum Gasteiger partial charge on any atom is 0.287 e. The van der Waals surface area contributed by atoms with Crippen molar-refractivity contribution in [3.8, 4) is 0 Å². The first kappa shape index (κ1) is 19.6. The topological polar surface area (TPSA) is 79.6 Å². The van der Waals surface area contributed by atoms with E-state index in [4.69, 9.17) is 4.42 Å². The maximum absolute atomic E-state index is 12.6. The summed E-state index contributed by atoms with van der Waals surface area (Å²) >= 11 is 0. The van der Waals surface area contributed by atoms with E-state index >= 15 is 0 Å². The molecule has 1 aliphatic heterocycles. The molecule has 2 aromatic rings. The highest BCUT2D eigenvalue weighted by molar-refractivity contribution is 7.89. The van der Waals surface area contributed by atoms with Crippen LogP contribution in [0.2, 0.25) is 0 Å². The summed E-state index contributed by atoms with van der Waals surface area (Å²) in [6.45, 7) is 2.93. The molecule has 1 amide bonds. The van der Waals surface area contributed by atoms with Crippen LogP contribution < -0.4 is 5.32 Å². The van der Waals surface area contributed by atoms with Gasteiger partial charge < -0.3 is 9.73 Å². The smallest absolute Gasteiger partial charge is 0.287 e. The summed E-state index contributed by atoms with van der Waals surface area (Å²) < 4.78 is 32.0. The fourth-order valence-electron chi connectivity index (χ4n) is 3.21. The van der Waals surface area contributed by atoms with Gasteiger partial charge in [-0.1, -0.05) is 36.8 Å². The van der Waals surface area contributed by atoms with Crippen LogP contribution in [-0.2, 0) is 16.4 Å². The third kappa shape index (κ3) is 4.99. The van der Waals surface area contributed by atoms with Crippen molar-refractivity contribution in [2.75, 3.05) is 13.1 Å². The number of rotatable bonds is 7. The number of nitrogens with zero attached hydrogens (tertiary/aromatic N) is 1. The minimum absolute atomic E-state index is 0.0251. The van der Waals surface area contributed by atoms with Gasteiger partial charge in [0, 0.05) is 19.1 Å². The Morgan fingerprint density at radius 3 is 2.52 bits per heavy atom. The van der Waals surface area contributed by atoms with Crippen LogP contribution in [0.3, 0.4) is 0 Å². The Morgan fingerprint density at radius 2 is 1.81 bits per heavy atom. The van der Waals surface area contributed by atoms with E-state index in [1.54, 1.807) is 0 Å². The molecule has 1 aliphatic rings. The second kappa shape index (κ2) is 8.71. The number of hydrogen-bond donors (Lipinski definition) is 1. The monoisotopic (exact) mass is 390 g/mol. The van der Waals surface area contributed by atoms with Crippen molar-refractivity contribution in [3.63, 3.8) is 0 Å². The molecule has 1 fully saturated rings. The zero-order valence-electron chi connectivity index (χ0n) is 15.6. The predicted octanol–water partition coefficient (Wildman–Crippen LogP) is 3.21. The number of piperidine rings is 1. The quantitative estimate of drug-likeness (QED) is 0.787. The molecular formula is C20H26N2O4S. The lowest BCUT2D eigenvalue weighted by Crippen LogP contribution is -2.35. The van der Waals surface area contributed by atoms with E-state index in [-0.39, 0.29) is 16.9 Å². The maximum atomic E-state index is 12.6. The van der Waals surface area contributed by atoms with Crippen molar-refractivity contribution in [2.45, 2.75) is 50.2 Å². The third-order valence-corrected chi connectivity index (χ3v) is 6.57. The molecule has 1 atom stereocenters. The number of sulfonamides is 1. The third-order valence-electron chi connectivity index (χ3n) is 4.80. The highest BCUT2D eigenvalue weighted by Crippen LogP contribution is 2.22. The molecule has 0 radical (unpaired) electrons. The summed E-state index contributed by atoms with van der Waals surface area (Å²) in [5.74, 6) is -0.368. The van der Waals surface area contributed by atoms with Crippen molar-refractivity contribution in [3.05, 3.63) is 53.8 Å². The van der Waals surface area contributed by atoms with Crippen molar-refractivity contribution < 1.29 is 17.6 Å². The molecule has 1 saturated heterocycles. The molecule has 3 rings (SSSR count). The van der Waals surface area contributed by atoms with E-state index in [2.05, 4.69) is 17.4 Å². The molecule has 1 N–H and O–H groups in total. The van der Waals surface area contributed by atoms with Crippen LogP contribution in [-0.4, -0.2) is 37.8 Å². The van der Waals surface area contributed by atoms with Gasteiger partial charge in [-0.3, -0.25) is 4.79 Å². The van der Waals surface area contributed by atoms with E-state index < -0.39 is 15.9 Å². The van der Waals surface area contributed by atoms with Gasteiger partial charge in [0.1, 0.15) is 0 Å². The van der Waals surface area contributed by atoms with Gasteiger partial charge in [0.25, 0.3) is 15.9 Å². The number of furan rings is 1. The second-order valence-electron chi connectivity index (χ2n) is 6.98. The van der Waals surface area contributed by atoms with E-state index in [0.717, 1.165) is 32.1 Å². The lowest BCUT2D eigenvalue weighted by molar-refractivity contribution is 0.0904. The first-order valence-corrected chi connectivity index (χ1v) is 10.9. The number of amides is 1. The Bertz CT molecular complexity index is 855. The van der Waals surface area contributed by atoms with Crippen LogP contribution in [0.1, 0.15) is 48.7 Å². The summed E-state index contributed by atoms with van der Waals surface area (Å²) in [6, 6.07) is 12.8. The highest BCUT2D eigenvalue weighted by Gasteiger charge is 2.29. The Balaban J connectivity index is 1.57. The molecule has 1 aromatic heterocycles. The Labute approximate surface area is 160 Å². The van der Waals surface area contributed by atoms with E-state index in [0.29, 0.717) is 13.1 Å². The van der Waals surface area contributed by atoms with Gasteiger partial charge >= 0.3 is 0 Å². The van der Waals surface area contributed by atoms with Gasteiger partial charge in [0.2, 0.25) is 5.09 Å². The fourth-order valence-corrected chi connectivity index (χ4v) is 4.64. The SMILES string of the molecule is CC(CCc1ccccc1)NC(=O)c1ccc(S(=O)(=O)N2CCCCC2)o1. The van der Waals surface area contributed by atoms with Gasteiger partial charge in [0.15, 0.2) is 5.76 Å². The van der Waals surface area contributed by atoms with E-state index in [9.17, 15) is 13.2 Å². The molecule has 0 spiro atoms. The van der Waals surface area contributed by atoms with Crippen molar-refractivity contribution >= 4 is 15.9 Å². The lowest BCUT2D eigenvalue weighted by Gasteiger charge is -2.24. The molecule has 0 saturated carbocycles. The summed E-state index contributed by atoms with van der Waals surface area (Å²) in [4.78, 5) is 12.4. The second-order valence-corrected chi connectivity index (χ2v) is 8.85. The van der Waals surface area contributed by atoms with Crippen molar-refractivity contribution in [2.24, 2.45) is 0 Å². The summed E-state index contributed by atoms with van der Waals surface area (Å²) in [5.41, 5.74) is 1.21. The zero-order chi connectivity index (χ0) is 19.3. The number of nitrogens with one attached hydrogen (secondary N) is 1. The average Bonchev–Trinajstić information content (AvgIpc) is 3.19. The van der Waals surface area contributed by atoms with E-state index in [1.807, 2.05) is 25.1 Å². The molecule has 7 heteroatoms. The van der Waals surface area contributed by atoms with Crippen molar-refractivity contribution in [1.82, 2.24) is 9.62 Å². The van der Waals surface area contributed by atoms with Crippen molar-refractivity contribution in [1.29, 1.82) is 0 Å². The van der Waals surface area contributed by atoms with Gasteiger partial charge in [-0.15, -0.1) is 0 Å². The largest absolute Gasteiger partial charge is 0.438 e. The molecule has 27 heavy (non-hydrogen) atoms. The Morgan fingerprint density at radius 1 is 1.11 bits per heavy atom. The number of carbonyl (C=O) groups is 1. The minimum Gasteiger partial charge on any atom is -0.438 e. The molecule has 2 heterocycles. The predicted molar refractivity (Wildman–Crippen MR) is 103 cm³/mol. The summed E-state index contributed by atoms with van der Waals surface area (Å²) in [7, 11) is -3.66. The number of carbonyl (C=O) groups excluding carboxylic acids is 1. The average molecular weight is 391 g/mol. The van der Waals surface area contributed by atoms with Gasteiger partial charge in [-0.25, -0.2) is 8.42 Å². The molecule has 1 aromatic carbocycles. The normalized spacial score (nSPS) is 16.8. The summed E-state index contributed by atoms with van der Waals surface area (Å²) in [6.07, 6.45) is 4.39. The number of aryl methyl sites for hydroxylation is 1. The molecule has 0 bridgehead atoms. The fraction of sp³-hybridized carbons (Fsp3) is 0.450. The minimum atomic E-state index is -3.66. The van der Waals surface area contributed by atoms with Crippen LogP contribution in [0, 0.1) is 0 Å². The van der Waals surface area contributed by atoms with Crippen LogP contribution >= 0.6 is 0 Å². The number of hydrogen-bond acceptors (Lipinski definition) is 4. The first-order chi connectivity index (χ1) is 13.0. The van der Waals surface area contributed by atoms with Crippen LogP contribution in [0.4, 0.5) is 0 Å². The van der Waals surface area contributed by atoms with Gasteiger partial charge in [-0.2, -0.15) is 4.31 Å². The molecule has 146 valence electrons. The van der Waals surface area contributed by atoms with Crippen LogP contribution in [0.25, 0.3) is 0 Å². The standard InChI is InChI=1S/C20H26N2O4S/c1-16(10-11-17-8-4-2-5-9-17)21-20(23)18-12-13-19(26-18)27(24,25)22-14-6-3-7-15-22/h2,4-5,8-9,12-13,16H,3,6-7,10-11,14-15H2,1H3,(H,21,23). The lowest BCUT2D eigenvalue weighted by atomic mass is 10.1.